The molecule has 0 radical (unpaired) electrons. The van der Waals surface area contributed by atoms with Crippen LogP contribution in [-0.2, 0) is 6.54 Å². The van der Waals surface area contributed by atoms with Crippen molar-refractivity contribution >= 4 is 17.3 Å². The first-order valence-corrected chi connectivity index (χ1v) is 6.70. The van der Waals surface area contributed by atoms with Crippen LogP contribution in [0.2, 0.25) is 5.02 Å². The van der Waals surface area contributed by atoms with Crippen LogP contribution in [0.3, 0.4) is 0 Å². The Morgan fingerprint density at radius 3 is 2.76 bits per heavy atom. The van der Waals surface area contributed by atoms with Crippen LogP contribution in [0.25, 0.3) is 0 Å². The maximum atomic E-state index is 5.99. The molecule has 1 heterocycles. The van der Waals surface area contributed by atoms with Crippen molar-refractivity contribution in [1.82, 2.24) is 4.90 Å². The summed E-state index contributed by atoms with van der Waals surface area (Å²) in [5.41, 5.74) is 7.99. The lowest BCUT2D eigenvalue weighted by Crippen LogP contribution is -2.37. The van der Waals surface area contributed by atoms with Gasteiger partial charge >= 0.3 is 0 Å². The van der Waals surface area contributed by atoms with E-state index in [0.717, 1.165) is 24.1 Å². The number of hydrogen-bond donors (Lipinski definition) is 1. The highest BCUT2D eigenvalue weighted by atomic mass is 35.5. The van der Waals surface area contributed by atoms with Crippen LogP contribution in [0.4, 0.5) is 5.69 Å². The molecule has 0 saturated carbocycles. The van der Waals surface area contributed by atoms with Gasteiger partial charge in [0.1, 0.15) is 0 Å². The summed E-state index contributed by atoms with van der Waals surface area (Å²) in [5.74, 6) is 1.62. The number of likely N-dealkylation sites (tertiary alicyclic amines) is 1. The van der Waals surface area contributed by atoms with Gasteiger partial charge in [-0.25, -0.2) is 0 Å². The minimum Gasteiger partial charge on any atom is -0.398 e. The number of nitrogen functional groups attached to an aromatic ring is 1. The second-order valence-corrected chi connectivity index (χ2v) is 5.76. The van der Waals surface area contributed by atoms with Crippen LogP contribution >= 0.6 is 11.6 Å². The molecule has 0 amide bonds. The number of rotatable bonds is 2. The van der Waals surface area contributed by atoms with Gasteiger partial charge in [-0.15, -0.1) is 0 Å². The van der Waals surface area contributed by atoms with Crippen LogP contribution in [0.5, 0.6) is 0 Å². The quantitative estimate of drug-likeness (QED) is 0.818. The van der Waals surface area contributed by atoms with Crippen LogP contribution in [0.1, 0.15) is 25.8 Å². The number of nitrogens with zero attached hydrogens (tertiary/aromatic N) is 1. The smallest absolute Gasteiger partial charge is 0.0426 e. The zero-order valence-corrected chi connectivity index (χ0v) is 11.4. The highest BCUT2D eigenvalue weighted by molar-refractivity contribution is 6.30. The summed E-state index contributed by atoms with van der Waals surface area (Å²) in [5, 5.41) is 0.715. The fourth-order valence-electron chi connectivity index (χ4n) is 2.44. The predicted octanol–water partition coefficient (Wildman–Crippen LogP) is 3.40. The number of anilines is 1. The number of piperidine rings is 1. The van der Waals surface area contributed by atoms with Gasteiger partial charge in [0.25, 0.3) is 0 Å². The van der Waals surface area contributed by atoms with Gasteiger partial charge in [0, 0.05) is 23.8 Å². The van der Waals surface area contributed by atoms with E-state index in [0.29, 0.717) is 5.02 Å². The van der Waals surface area contributed by atoms with Crippen molar-refractivity contribution < 1.29 is 0 Å². The summed E-state index contributed by atoms with van der Waals surface area (Å²) >= 11 is 5.91. The Kier molecular flexibility index (Phi) is 3.95. The molecule has 1 aliphatic heterocycles. The summed E-state index contributed by atoms with van der Waals surface area (Å²) in [6.07, 6.45) is 1.29. The Hall–Kier alpha value is -0.730. The first-order valence-electron chi connectivity index (χ1n) is 6.32. The molecule has 1 aliphatic rings. The van der Waals surface area contributed by atoms with Crippen LogP contribution in [0, 0.1) is 11.8 Å². The molecule has 1 aromatic carbocycles. The van der Waals surface area contributed by atoms with Gasteiger partial charge in [0.05, 0.1) is 0 Å². The average molecular weight is 253 g/mol. The molecule has 2 atom stereocenters. The molecule has 1 saturated heterocycles. The second kappa shape index (κ2) is 5.28. The molecule has 94 valence electrons. The minimum absolute atomic E-state index is 0.715. The lowest BCUT2D eigenvalue weighted by molar-refractivity contribution is 0.132. The van der Waals surface area contributed by atoms with Crippen molar-refractivity contribution in [2.45, 2.75) is 26.8 Å². The molecule has 17 heavy (non-hydrogen) atoms. The Morgan fingerprint density at radius 1 is 1.35 bits per heavy atom. The molecule has 0 bridgehead atoms. The highest BCUT2D eigenvalue weighted by Crippen LogP contribution is 2.25. The normalized spacial score (nSPS) is 26.1. The molecule has 1 aromatic rings. The van der Waals surface area contributed by atoms with Gasteiger partial charge in [0.15, 0.2) is 0 Å². The maximum Gasteiger partial charge on any atom is 0.0426 e. The third-order valence-electron chi connectivity index (χ3n) is 3.92. The lowest BCUT2D eigenvalue weighted by atomic mass is 9.88. The summed E-state index contributed by atoms with van der Waals surface area (Å²) in [4.78, 5) is 2.49. The first-order chi connectivity index (χ1) is 8.06. The van der Waals surface area contributed by atoms with Crippen molar-refractivity contribution in [2.24, 2.45) is 11.8 Å². The molecule has 0 spiro atoms. The summed E-state index contributed by atoms with van der Waals surface area (Å²) in [6, 6.07) is 5.80. The van der Waals surface area contributed by atoms with E-state index in [9.17, 15) is 0 Å². The number of hydrogen-bond acceptors (Lipinski definition) is 2. The van der Waals surface area contributed by atoms with Crippen molar-refractivity contribution in [3.05, 3.63) is 28.8 Å². The summed E-state index contributed by atoms with van der Waals surface area (Å²) < 4.78 is 0. The molecule has 2 unspecified atom stereocenters. The molecule has 2 N–H and O–H groups in total. The molecule has 3 heteroatoms. The third kappa shape index (κ3) is 3.14. The maximum absolute atomic E-state index is 5.99. The van der Waals surface area contributed by atoms with Crippen molar-refractivity contribution in [2.75, 3.05) is 18.8 Å². The third-order valence-corrected chi connectivity index (χ3v) is 4.16. The summed E-state index contributed by atoms with van der Waals surface area (Å²) in [7, 11) is 0. The highest BCUT2D eigenvalue weighted by Gasteiger charge is 2.22. The standard InChI is InChI=1S/C14H21ClN2/c1-10-5-6-17(8-11(10)2)9-12-3-4-13(15)7-14(12)16/h3-4,7,10-11H,5-6,8-9,16H2,1-2H3. The Labute approximate surface area is 109 Å². The molecule has 2 rings (SSSR count). The topological polar surface area (TPSA) is 29.3 Å². The van der Waals surface area contributed by atoms with Gasteiger partial charge in [-0.3, -0.25) is 4.90 Å². The van der Waals surface area contributed by atoms with E-state index in [4.69, 9.17) is 17.3 Å². The van der Waals surface area contributed by atoms with Crippen LogP contribution in [-0.4, -0.2) is 18.0 Å². The van der Waals surface area contributed by atoms with E-state index in [1.807, 2.05) is 18.2 Å². The van der Waals surface area contributed by atoms with Crippen molar-refractivity contribution in [3.63, 3.8) is 0 Å². The van der Waals surface area contributed by atoms with Crippen LogP contribution < -0.4 is 5.73 Å². The van der Waals surface area contributed by atoms with E-state index in [1.54, 1.807) is 0 Å². The van der Waals surface area contributed by atoms with Crippen molar-refractivity contribution in [3.8, 4) is 0 Å². The second-order valence-electron chi connectivity index (χ2n) is 5.32. The number of nitrogens with two attached hydrogens (primary N) is 1. The lowest BCUT2D eigenvalue weighted by Gasteiger charge is -2.35. The van der Waals surface area contributed by atoms with E-state index in [2.05, 4.69) is 18.7 Å². The van der Waals surface area contributed by atoms with E-state index in [1.165, 1.54) is 25.1 Å². The van der Waals surface area contributed by atoms with E-state index < -0.39 is 0 Å². The molecule has 0 aromatic heterocycles. The SMILES string of the molecule is CC1CCN(Cc2ccc(Cl)cc2N)CC1C. The summed E-state index contributed by atoms with van der Waals surface area (Å²) in [6.45, 7) is 7.97. The first kappa shape index (κ1) is 12.7. The van der Waals surface area contributed by atoms with Gasteiger partial charge in [-0.05, 0) is 42.5 Å². The largest absolute Gasteiger partial charge is 0.398 e. The molecular weight excluding hydrogens is 232 g/mol. The van der Waals surface area contributed by atoms with Gasteiger partial charge in [-0.2, -0.15) is 0 Å². The van der Waals surface area contributed by atoms with Gasteiger partial charge < -0.3 is 5.73 Å². The van der Waals surface area contributed by atoms with Crippen LogP contribution in [0.15, 0.2) is 18.2 Å². The Morgan fingerprint density at radius 2 is 2.12 bits per heavy atom. The molecule has 2 nitrogen and oxygen atoms in total. The predicted molar refractivity (Wildman–Crippen MR) is 74.1 cm³/mol. The molecular formula is C14H21ClN2. The number of benzene rings is 1. The zero-order chi connectivity index (χ0) is 12.4. The van der Waals surface area contributed by atoms with Gasteiger partial charge in [-0.1, -0.05) is 31.5 Å². The molecule has 1 fully saturated rings. The zero-order valence-electron chi connectivity index (χ0n) is 10.6. The average Bonchev–Trinajstić information content (AvgIpc) is 2.27. The number of halogens is 1. The molecule has 0 aliphatic carbocycles. The fourth-order valence-corrected chi connectivity index (χ4v) is 2.62. The van der Waals surface area contributed by atoms with Crippen molar-refractivity contribution in [1.29, 1.82) is 0 Å². The monoisotopic (exact) mass is 252 g/mol. The van der Waals surface area contributed by atoms with Gasteiger partial charge in [0.2, 0.25) is 0 Å². The van der Waals surface area contributed by atoms with E-state index >= 15 is 0 Å². The minimum atomic E-state index is 0.715. The Bertz CT molecular complexity index is 392. The van der Waals surface area contributed by atoms with E-state index in [-0.39, 0.29) is 0 Å². The Balaban J connectivity index is 2.01. The fraction of sp³-hybridized carbons (Fsp3) is 0.571.